The summed E-state index contributed by atoms with van der Waals surface area (Å²) in [6.45, 7) is 2.26. The van der Waals surface area contributed by atoms with Crippen LogP contribution in [0.2, 0.25) is 5.02 Å². The Morgan fingerprint density at radius 3 is 2.24 bits per heavy atom. The number of aryl methyl sites for hydroxylation is 1. The minimum absolute atomic E-state index is 0.628. The summed E-state index contributed by atoms with van der Waals surface area (Å²) in [5.74, 6) is 1.55. The van der Waals surface area contributed by atoms with Crippen LogP contribution in [0.15, 0.2) is 48.5 Å². The van der Waals surface area contributed by atoms with Crippen molar-refractivity contribution >= 4 is 11.6 Å². The van der Waals surface area contributed by atoms with Gasteiger partial charge in [-0.05, 0) is 67.0 Å². The normalized spacial score (nSPS) is 12.1. The first-order chi connectivity index (χ1) is 10.2. The molecule has 21 heavy (non-hydrogen) atoms. The Labute approximate surface area is 132 Å². The van der Waals surface area contributed by atoms with Gasteiger partial charge in [-0.3, -0.25) is 0 Å². The quantitative estimate of drug-likeness (QED) is 0.622. The van der Waals surface area contributed by atoms with E-state index in [1.165, 1.54) is 30.4 Å². The van der Waals surface area contributed by atoms with Crippen molar-refractivity contribution in [2.45, 2.75) is 38.5 Å². The van der Waals surface area contributed by atoms with Crippen LogP contribution in [0.5, 0.6) is 5.75 Å². The van der Waals surface area contributed by atoms with Gasteiger partial charge < -0.3 is 4.74 Å². The van der Waals surface area contributed by atoms with Gasteiger partial charge in [-0.2, -0.15) is 0 Å². The predicted octanol–water partition coefficient (Wildman–Crippen LogP) is 5.87. The number of benzene rings is 2. The Kier molecular flexibility index (Phi) is 6.13. The van der Waals surface area contributed by atoms with Gasteiger partial charge in [0.2, 0.25) is 0 Å². The average Bonchev–Trinajstić information content (AvgIpc) is 2.53. The second-order valence-electron chi connectivity index (χ2n) is 5.40. The maximum absolute atomic E-state index is 5.91. The molecule has 0 aliphatic rings. The molecule has 0 fully saturated rings. The van der Waals surface area contributed by atoms with Gasteiger partial charge in [-0.15, -0.1) is 0 Å². The maximum Gasteiger partial charge on any atom is 0.118 e. The number of rotatable bonds is 7. The largest absolute Gasteiger partial charge is 0.497 e. The lowest BCUT2D eigenvalue weighted by molar-refractivity contribution is 0.414. The highest BCUT2D eigenvalue weighted by atomic mass is 35.5. The highest BCUT2D eigenvalue weighted by molar-refractivity contribution is 6.30. The standard InChI is InChI=1S/C19H23ClO/c1-3-16(17-9-13-19(21-2)14-10-17)6-4-5-15-7-11-18(20)12-8-15/h7-14,16H,3-6H2,1-2H3. The summed E-state index contributed by atoms with van der Waals surface area (Å²) in [7, 11) is 1.71. The van der Waals surface area contributed by atoms with Crippen LogP contribution in [0.25, 0.3) is 0 Å². The van der Waals surface area contributed by atoms with Gasteiger partial charge in [0.15, 0.2) is 0 Å². The summed E-state index contributed by atoms with van der Waals surface area (Å²) in [6, 6.07) is 16.7. The third-order valence-corrected chi connectivity index (χ3v) is 4.26. The molecule has 2 rings (SSSR count). The molecule has 1 atom stereocenters. The van der Waals surface area contributed by atoms with Gasteiger partial charge in [0.25, 0.3) is 0 Å². The molecule has 0 spiro atoms. The Balaban J connectivity index is 1.88. The van der Waals surface area contributed by atoms with Crippen LogP contribution in [-0.4, -0.2) is 7.11 Å². The predicted molar refractivity (Wildman–Crippen MR) is 90.4 cm³/mol. The molecular weight excluding hydrogens is 280 g/mol. The number of hydrogen-bond donors (Lipinski definition) is 0. The maximum atomic E-state index is 5.91. The Morgan fingerprint density at radius 2 is 1.67 bits per heavy atom. The van der Waals surface area contributed by atoms with E-state index >= 15 is 0 Å². The molecule has 0 bridgehead atoms. The zero-order valence-electron chi connectivity index (χ0n) is 12.8. The lowest BCUT2D eigenvalue weighted by atomic mass is 9.90. The van der Waals surface area contributed by atoms with Crippen LogP contribution >= 0.6 is 11.6 Å². The van der Waals surface area contributed by atoms with E-state index < -0.39 is 0 Å². The molecule has 0 heterocycles. The smallest absolute Gasteiger partial charge is 0.118 e. The molecule has 2 aromatic carbocycles. The molecule has 112 valence electrons. The highest BCUT2D eigenvalue weighted by Gasteiger charge is 2.09. The van der Waals surface area contributed by atoms with Gasteiger partial charge in [0.1, 0.15) is 5.75 Å². The average molecular weight is 303 g/mol. The summed E-state index contributed by atoms with van der Waals surface area (Å²) in [6.07, 6.45) is 4.70. The molecule has 1 unspecified atom stereocenters. The van der Waals surface area contributed by atoms with Crippen LogP contribution in [0.4, 0.5) is 0 Å². The molecular formula is C19H23ClO. The molecule has 0 aliphatic carbocycles. The van der Waals surface area contributed by atoms with E-state index in [1.807, 2.05) is 12.1 Å². The first-order valence-electron chi connectivity index (χ1n) is 7.61. The first kappa shape index (κ1) is 15.9. The van der Waals surface area contributed by atoms with E-state index in [1.54, 1.807) is 7.11 Å². The van der Waals surface area contributed by atoms with Crippen molar-refractivity contribution in [3.05, 3.63) is 64.7 Å². The van der Waals surface area contributed by atoms with Crippen molar-refractivity contribution in [2.24, 2.45) is 0 Å². The monoisotopic (exact) mass is 302 g/mol. The van der Waals surface area contributed by atoms with E-state index in [0.29, 0.717) is 5.92 Å². The first-order valence-corrected chi connectivity index (χ1v) is 7.99. The second-order valence-corrected chi connectivity index (χ2v) is 5.83. The van der Waals surface area contributed by atoms with E-state index in [2.05, 4.69) is 43.3 Å². The molecule has 0 N–H and O–H groups in total. The molecule has 0 radical (unpaired) electrons. The van der Waals surface area contributed by atoms with Crippen molar-refractivity contribution in [3.8, 4) is 5.75 Å². The second kappa shape index (κ2) is 8.09. The van der Waals surface area contributed by atoms with Crippen LogP contribution in [0.1, 0.15) is 43.2 Å². The van der Waals surface area contributed by atoms with Crippen LogP contribution in [-0.2, 0) is 6.42 Å². The molecule has 1 nitrogen and oxygen atoms in total. The highest BCUT2D eigenvalue weighted by Crippen LogP contribution is 2.27. The van der Waals surface area contributed by atoms with E-state index in [-0.39, 0.29) is 0 Å². The SMILES string of the molecule is CCC(CCCc1ccc(Cl)cc1)c1ccc(OC)cc1. The summed E-state index contributed by atoms with van der Waals surface area (Å²) in [5.41, 5.74) is 2.78. The van der Waals surface area contributed by atoms with Crippen molar-refractivity contribution in [1.29, 1.82) is 0 Å². The molecule has 0 aliphatic heterocycles. The van der Waals surface area contributed by atoms with E-state index in [0.717, 1.165) is 17.2 Å². The van der Waals surface area contributed by atoms with Crippen LogP contribution in [0.3, 0.4) is 0 Å². The minimum Gasteiger partial charge on any atom is -0.497 e. The molecule has 0 saturated heterocycles. The summed E-state index contributed by atoms with van der Waals surface area (Å²) < 4.78 is 5.22. The van der Waals surface area contributed by atoms with Gasteiger partial charge >= 0.3 is 0 Å². The third-order valence-electron chi connectivity index (χ3n) is 4.01. The summed E-state index contributed by atoms with van der Waals surface area (Å²) in [5, 5.41) is 0.809. The lowest BCUT2D eigenvalue weighted by Gasteiger charge is -2.15. The number of methoxy groups -OCH3 is 1. The summed E-state index contributed by atoms with van der Waals surface area (Å²) >= 11 is 5.91. The Bertz CT molecular complexity index is 530. The van der Waals surface area contributed by atoms with Gasteiger partial charge in [-0.25, -0.2) is 0 Å². The Hall–Kier alpha value is -1.47. The molecule has 0 saturated carbocycles. The fourth-order valence-electron chi connectivity index (χ4n) is 2.69. The lowest BCUT2D eigenvalue weighted by Crippen LogP contribution is -1.99. The van der Waals surface area contributed by atoms with Crippen molar-refractivity contribution in [1.82, 2.24) is 0 Å². The van der Waals surface area contributed by atoms with Crippen LogP contribution < -0.4 is 4.74 Å². The Morgan fingerprint density at radius 1 is 1.00 bits per heavy atom. The van der Waals surface area contributed by atoms with Gasteiger partial charge in [0.05, 0.1) is 7.11 Å². The van der Waals surface area contributed by atoms with E-state index in [9.17, 15) is 0 Å². The molecule has 2 heteroatoms. The van der Waals surface area contributed by atoms with E-state index in [4.69, 9.17) is 16.3 Å². The topological polar surface area (TPSA) is 9.23 Å². The van der Waals surface area contributed by atoms with Crippen molar-refractivity contribution < 1.29 is 4.74 Å². The molecule has 0 amide bonds. The van der Waals surface area contributed by atoms with Crippen LogP contribution in [0, 0.1) is 0 Å². The zero-order chi connectivity index (χ0) is 15.1. The van der Waals surface area contributed by atoms with Gasteiger partial charge in [-0.1, -0.05) is 42.8 Å². The fourth-order valence-corrected chi connectivity index (χ4v) is 2.81. The van der Waals surface area contributed by atoms with Gasteiger partial charge in [0, 0.05) is 5.02 Å². The fraction of sp³-hybridized carbons (Fsp3) is 0.368. The number of halogens is 1. The van der Waals surface area contributed by atoms with Crippen molar-refractivity contribution in [2.75, 3.05) is 7.11 Å². The number of hydrogen-bond acceptors (Lipinski definition) is 1. The number of ether oxygens (including phenoxy) is 1. The minimum atomic E-state index is 0.628. The zero-order valence-corrected chi connectivity index (χ0v) is 13.6. The van der Waals surface area contributed by atoms with Crippen molar-refractivity contribution in [3.63, 3.8) is 0 Å². The molecule has 0 aromatic heterocycles. The third kappa shape index (κ3) is 4.78. The summed E-state index contributed by atoms with van der Waals surface area (Å²) in [4.78, 5) is 0. The molecule has 2 aromatic rings.